The summed E-state index contributed by atoms with van der Waals surface area (Å²) in [5.74, 6) is -0.272. The van der Waals surface area contributed by atoms with Gasteiger partial charge in [0.15, 0.2) is 0 Å². The van der Waals surface area contributed by atoms with Crippen molar-refractivity contribution in [3.05, 3.63) is 41.1 Å². The first-order valence-corrected chi connectivity index (χ1v) is 7.96. The van der Waals surface area contributed by atoms with Crippen LogP contribution < -0.4 is 5.32 Å². The topological polar surface area (TPSA) is 51.2 Å². The first-order valence-electron chi connectivity index (χ1n) is 7.96. The molecule has 2 rings (SSSR count). The van der Waals surface area contributed by atoms with Crippen molar-refractivity contribution in [2.75, 3.05) is 13.2 Å². The molecule has 0 spiro atoms. The number of fused-ring (bicyclic) bond motifs is 1. The maximum Gasteiger partial charge on any atom is 0.411 e. The molecule has 25 heavy (non-hydrogen) atoms. The van der Waals surface area contributed by atoms with Gasteiger partial charge >= 0.3 is 6.18 Å². The predicted molar refractivity (Wildman–Crippen MR) is 89.4 cm³/mol. The van der Waals surface area contributed by atoms with Gasteiger partial charge in [-0.25, -0.2) is 0 Å². The Morgan fingerprint density at radius 3 is 2.64 bits per heavy atom. The van der Waals surface area contributed by atoms with Gasteiger partial charge in [0.1, 0.15) is 6.61 Å². The Morgan fingerprint density at radius 1 is 1.28 bits per heavy atom. The van der Waals surface area contributed by atoms with Crippen LogP contribution in [-0.4, -0.2) is 36.3 Å². The summed E-state index contributed by atoms with van der Waals surface area (Å²) in [7, 11) is 0. The number of benzene rings is 1. The molecule has 0 fully saturated rings. The largest absolute Gasteiger partial charge is 0.411 e. The van der Waals surface area contributed by atoms with E-state index in [-0.39, 0.29) is 18.9 Å². The number of aromatic nitrogens is 1. The molecule has 1 heterocycles. The number of rotatable bonds is 6. The van der Waals surface area contributed by atoms with Crippen molar-refractivity contribution < 1.29 is 22.7 Å². The van der Waals surface area contributed by atoms with Gasteiger partial charge in [0.05, 0.1) is 18.5 Å². The molecule has 0 aliphatic carbocycles. The highest BCUT2D eigenvalue weighted by molar-refractivity contribution is 5.86. The van der Waals surface area contributed by atoms with Crippen molar-refractivity contribution in [3.8, 4) is 0 Å². The fraction of sp³-hybridized carbons (Fsp3) is 0.444. The van der Waals surface area contributed by atoms with E-state index in [1.807, 2.05) is 38.1 Å². The lowest BCUT2D eigenvalue weighted by atomic mass is 9.99. The molecule has 1 atom stereocenters. The zero-order valence-corrected chi connectivity index (χ0v) is 14.4. The summed E-state index contributed by atoms with van der Waals surface area (Å²) >= 11 is 0. The second-order valence-corrected chi connectivity index (χ2v) is 6.09. The molecule has 7 heteroatoms. The van der Waals surface area contributed by atoms with Gasteiger partial charge in [0.2, 0.25) is 5.91 Å². The van der Waals surface area contributed by atoms with Crippen molar-refractivity contribution in [1.29, 1.82) is 0 Å². The van der Waals surface area contributed by atoms with Gasteiger partial charge in [-0.15, -0.1) is 0 Å². The molecule has 1 aromatic carbocycles. The Hall–Kier alpha value is -2.15. The normalized spacial score (nSPS) is 13.0. The summed E-state index contributed by atoms with van der Waals surface area (Å²) < 4.78 is 40.7. The smallest absolute Gasteiger partial charge is 0.370 e. The van der Waals surface area contributed by atoms with Gasteiger partial charge in [-0.3, -0.25) is 9.78 Å². The van der Waals surface area contributed by atoms with Gasteiger partial charge in [0.25, 0.3) is 0 Å². The minimum absolute atomic E-state index is 0.124. The number of aryl methyl sites for hydroxylation is 2. The number of carbonyl (C=O) groups is 1. The molecule has 4 nitrogen and oxygen atoms in total. The van der Waals surface area contributed by atoms with Crippen LogP contribution in [0.3, 0.4) is 0 Å². The molecule has 1 unspecified atom stereocenters. The lowest BCUT2D eigenvalue weighted by molar-refractivity contribution is -0.175. The quantitative estimate of drug-likeness (QED) is 0.864. The molecule has 2 aromatic rings. The van der Waals surface area contributed by atoms with Gasteiger partial charge < -0.3 is 10.1 Å². The van der Waals surface area contributed by atoms with Gasteiger partial charge in [-0.05, 0) is 38.0 Å². The van der Waals surface area contributed by atoms with E-state index in [0.29, 0.717) is 0 Å². The van der Waals surface area contributed by atoms with E-state index in [0.717, 1.165) is 27.7 Å². The van der Waals surface area contributed by atoms with Crippen LogP contribution in [0.4, 0.5) is 13.2 Å². The van der Waals surface area contributed by atoms with E-state index in [9.17, 15) is 18.0 Å². The lowest BCUT2D eigenvalue weighted by Gasteiger charge is -2.17. The second-order valence-electron chi connectivity index (χ2n) is 6.09. The highest BCUT2D eigenvalue weighted by atomic mass is 19.4. The Morgan fingerprint density at radius 2 is 1.96 bits per heavy atom. The first kappa shape index (κ1) is 19.2. The van der Waals surface area contributed by atoms with E-state index in [1.54, 1.807) is 6.92 Å². The molecule has 0 bridgehead atoms. The number of hydrogen-bond donors (Lipinski definition) is 1. The molecule has 0 saturated carbocycles. The van der Waals surface area contributed by atoms with Crippen molar-refractivity contribution in [2.45, 2.75) is 39.4 Å². The maximum absolute atomic E-state index is 12.2. The molecular weight excluding hydrogens is 333 g/mol. The molecule has 0 saturated heterocycles. The molecule has 1 amide bonds. The van der Waals surface area contributed by atoms with Crippen LogP contribution in [0.5, 0.6) is 0 Å². The number of alkyl halides is 3. The van der Waals surface area contributed by atoms with Gasteiger partial charge in [0, 0.05) is 17.1 Å². The van der Waals surface area contributed by atoms with Crippen molar-refractivity contribution in [1.82, 2.24) is 10.3 Å². The van der Waals surface area contributed by atoms with E-state index in [1.165, 1.54) is 0 Å². The monoisotopic (exact) mass is 354 g/mol. The maximum atomic E-state index is 12.2. The van der Waals surface area contributed by atoms with Crippen molar-refractivity contribution in [3.63, 3.8) is 0 Å². The number of carbonyl (C=O) groups excluding carboxylic acids is 1. The van der Waals surface area contributed by atoms with Crippen molar-refractivity contribution in [2.24, 2.45) is 0 Å². The number of ether oxygens (including phenoxy) is 1. The Kier molecular flexibility index (Phi) is 6.00. The number of nitrogens with zero attached hydrogens (tertiary/aromatic N) is 1. The second kappa shape index (κ2) is 7.82. The van der Waals surface area contributed by atoms with Crippen LogP contribution in [0.25, 0.3) is 10.9 Å². The summed E-state index contributed by atoms with van der Waals surface area (Å²) in [6.45, 7) is 3.87. The van der Waals surface area contributed by atoms with Gasteiger partial charge in [-0.2, -0.15) is 13.2 Å². The first-order chi connectivity index (χ1) is 11.7. The van der Waals surface area contributed by atoms with E-state index in [4.69, 9.17) is 0 Å². The average molecular weight is 354 g/mol. The van der Waals surface area contributed by atoms with Crippen molar-refractivity contribution >= 4 is 16.8 Å². The Balaban J connectivity index is 2.00. The van der Waals surface area contributed by atoms with E-state index in [2.05, 4.69) is 15.0 Å². The minimum atomic E-state index is -4.37. The number of para-hydroxylation sites is 1. The van der Waals surface area contributed by atoms with Crippen LogP contribution in [-0.2, 0) is 16.0 Å². The number of amides is 1. The Labute approximate surface area is 144 Å². The van der Waals surface area contributed by atoms with Crippen LogP contribution in [0.2, 0.25) is 0 Å². The number of nitrogens with one attached hydrogen (secondary N) is 1. The lowest BCUT2D eigenvalue weighted by Crippen LogP contribution is -2.38. The third-order valence-electron chi connectivity index (χ3n) is 3.86. The zero-order chi connectivity index (χ0) is 18.6. The standard InChI is InChI=1S/C18H21F3N2O2/c1-11(9-25-10-18(19,20)21)22-17(24)8-15-12(2)14-6-4-5-7-16(14)23-13(15)3/h4-7,11H,8-10H2,1-3H3,(H,22,24). The molecule has 0 aliphatic rings. The SMILES string of the molecule is Cc1nc2ccccc2c(C)c1CC(=O)NC(C)COCC(F)(F)F. The Bertz CT molecular complexity index is 760. The van der Waals surface area contributed by atoms with E-state index >= 15 is 0 Å². The number of hydrogen-bond acceptors (Lipinski definition) is 3. The molecule has 136 valence electrons. The summed E-state index contributed by atoms with van der Waals surface area (Å²) in [6.07, 6.45) is -4.24. The average Bonchev–Trinajstić information content (AvgIpc) is 2.50. The molecule has 0 radical (unpaired) electrons. The fourth-order valence-corrected chi connectivity index (χ4v) is 2.71. The number of pyridine rings is 1. The summed E-state index contributed by atoms with van der Waals surface area (Å²) in [5.41, 5.74) is 3.46. The predicted octanol–water partition coefficient (Wildman–Crippen LogP) is 3.48. The zero-order valence-electron chi connectivity index (χ0n) is 14.4. The van der Waals surface area contributed by atoms with Crippen LogP contribution in [0.1, 0.15) is 23.7 Å². The highest BCUT2D eigenvalue weighted by Gasteiger charge is 2.27. The molecule has 0 aliphatic heterocycles. The van der Waals surface area contributed by atoms with Crippen LogP contribution in [0.15, 0.2) is 24.3 Å². The molecular formula is C18H21F3N2O2. The van der Waals surface area contributed by atoms with Crippen LogP contribution >= 0.6 is 0 Å². The summed E-state index contributed by atoms with van der Waals surface area (Å²) in [6, 6.07) is 7.18. The van der Waals surface area contributed by atoms with Gasteiger partial charge in [-0.1, -0.05) is 18.2 Å². The third kappa shape index (κ3) is 5.42. The highest BCUT2D eigenvalue weighted by Crippen LogP contribution is 2.22. The summed E-state index contributed by atoms with van der Waals surface area (Å²) in [5, 5.41) is 3.64. The van der Waals surface area contributed by atoms with E-state index < -0.39 is 18.8 Å². The number of halogens is 3. The van der Waals surface area contributed by atoms with Crippen LogP contribution in [0, 0.1) is 13.8 Å². The minimum Gasteiger partial charge on any atom is -0.370 e. The molecule has 1 N–H and O–H groups in total. The molecule has 1 aromatic heterocycles. The summed E-state index contributed by atoms with van der Waals surface area (Å²) in [4.78, 5) is 16.7. The fourth-order valence-electron chi connectivity index (χ4n) is 2.71. The third-order valence-corrected chi connectivity index (χ3v) is 3.86.